The standard InChI is InChI=1S/C26H41N3O/c1-8-9-10-12-22-24(20-13-15-21(16-14-20)26(3,4)5)23(25(27)30)19(2)29(22)18-11-17-28(6)7/h13-16H,8-12,17-18H2,1-7H3,(H2,27,30). The fraction of sp³-hybridized carbons (Fsp3) is 0.577. The highest BCUT2D eigenvalue weighted by atomic mass is 16.1. The summed E-state index contributed by atoms with van der Waals surface area (Å²) in [6.45, 7) is 12.9. The number of aromatic nitrogens is 1. The van der Waals surface area contributed by atoms with Crippen LogP contribution in [0.2, 0.25) is 0 Å². The molecule has 1 heterocycles. The molecule has 0 bridgehead atoms. The van der Waals surface area contributed by atoms with Crippen LogP contribution in [0.1, 0.15) is 80.7 Å². The highest BCUT2D eigenvalue weighted by Crippen LogP contribution is 2.35. The van der Waals surface area contributed by atoms with Crippen LogP contribution in [-0.4, -0.2) is 36.0 Å². The van der Waals surface area contributed by atoms with Gasteiger partial charge in [-0.25, -0.2) is 0 Å². The molecule has 0 fully saturated rings. The molecule has 166 valence electrons. The molecule has 0 aliphatic carbocycles. The molecular weight excluding hydrogens is 370 g/mol. The Hall–Kier alpha value is -2.07. The van der Waals surface area contributed by atoms with Gasteiger partial charge in [-0.1, -0.05) is 64.8 Å². The molecule has 0 aliphatic heterocycles. The first kappa shape index (κ1) is 24.2. The van der Waals surface area contributed by atoms with Crippen LogP contribution in [0.25, 0.3) is 11.1 Å². The number of nitrogens with zero attached hydrogens (tertiary/aromatic N) is 2. The van der Waals surface area contributed by atoms with Crippen LogP contribution in [0.5, 0.6) is 0 Å². The quantitative estimate of drug-likeness (QED) is 0.522. The van der Waals surface area contributed by atoms with E-state index >= 15 is 0 Å². The summed E-state index contributed by atoms with van der Waals surface area (Å²) in [6.07, 6.45) is 5.51. The fourth-order valence-corrected chi connectivity index (χ4v) is 4.20. The van der Waals surface area contributed by atoms with Crippen molar-refractivity contribution < 1.29 is 4.79 Å². The van der Waals surface area contributed by atoms with E-state index in [2.05, 4.69) is 75.5 Å². The lowest BCUT2D eigenvalue weighted by atomic mass is 9.86. The minimum absolute atomic E-state index is 0.100. The van der Waals surface area contributed by atoms with Crippen molar-refractivity contribution in [2.24, 2.45) is 5.73 Å². The highest BCUT2D eigenvalue weighted by molar-refractivity contribution is 6.02. The minimum atomic E-state index is -0.328. The van der Waals surface area contributed by atoms with Gasteiger partial charge in [-0.05, 0) is 63.4 Å². The first-order chi connectivity index (χ1) is 14.1. The van der Waals surface area contributed by atoms with E-state index in [1.807, 2.05) is 6.92 Å². The van der Waals surface area contributed by atoms with Gasteiger partial charge in [-0.3, -0.25) is 4.79 Å². The average Bonchev–Trinajstić information content (AvgIpc) is 2.93. The average molecular weight is 412 g/mol. The molecular formula is C26H41N3O. The zero-order valence-corrected chi connectivity index (χ0v) is 20.1. The zero-order chi connectivity index (χ0) is 22.5. The molecule has 0 saturated carbocycles. The van der Waals surface area contributed by atoms with Gasteiger partial charge >= 0.3 is 0 Å². The Morgan fingerprint density at radius 3 is 2.20 bits per heavy atom. The van der Waals surface area contributed by atoms with Crippen LogP contribution in [0.3, 0.4) is 0 Å². The maximum Gasteiger partial charge on any atom is 0.251 e. The van der Waals surface area contributed by atoms with Gasteiger partial charge in [0, 0.05) is 23.5 Å². The first-order valence-corrected chi connectivity index (χ1v) is 11.3. The van der Waals surface area contributed by atoms with Gasteiger partial charge in [-0.2, -0.15) is 0 Å². The van der Waals surface area contributed by atoms with Crippen molar-refractivity contribution in [2.75, 3.05) is 20.6 Å². The topological polar surface area (TPSA) is 51.3 Å². The normalized spacial score (nSPS) is 12.0. The van der Waals surface area contributed by atoms with E-state index in [-0.39, 0.29) is 11.3 Å². The largest absolute Gasteiger partial charge is 0.366 e. The van der Waals surface area contributed by atoms with Crippen molar-refractivity contribution in [3.05, 3.63) is 46.8 Å². The van der Waals surface area contributed by atoms with Crippen LogP contribution in [-0.2, 0) is 18.4 Å². The number of hydrogen-bond donors (Lipinski definition) is 1. The van der Waals surface area contributed by atoms with Crippen molar-refractivity contribution in [3.8, 4) is 11.1 Å². The highest BCUT2D eigenvalue weighted by Gasteiger charge is 2.25. The SMILES string of the molecule is CCCCCc1c(-c2ccc(C(C)(C)C)cc2)c(C(N)=O)c(C)n1CCCN(C)C. The second-order valence-corrected chi connectivity index (χ2v) is 9.74. The number of benzene rings is 1. The van der Waals surface area contributed by atoms with Crippen LogP contribution < -0.4 is 5.73 Å². The maximum atomic E-state index is 12.5. The Kier molecular flexibility index (Phi) is 8.31. The van der Waals surface area contributed by atoms with Crippen molar-refractivity contribution in [1.82, 2.24) is 9.47 Å². The summed E-state index contributed by atoms with van der Waals surface area (Å²) in [6, 6.07) is 8.70. The third-order valence-corrected chi connectivity index (χ3v) is 5.92. The monoisotopic (exact) mass is 411 g/mol. The van der Waals surface area contributed by atoms with Gasteiger partial charge in [0.15, 0.2) is 0 Å². The van der Waals surface area contributed by atoms with Crippen LogP contribution in [0.15, 0.2) is 24.3 Å². The molecule has 0 spiro atoms. The number of unbranched alkanes of at least 4 members (excludes halogenated alkanes) is 2. The Morgan fingerprint density at radius 1 is 1.07 bits per heavy atom. The summed E-state index contributed by atoms with van der Waals surface area (Å²) in [4.78, 5) is 14.7. The van der Waals surface area contributed by atoms with Gasteiger partial charge in [-0.15, -0.1) is 0 Å². The smallest absolute Gasteiger partial charge is 0.251 e. The summed E-state index contributed by atoms with van der Waals surface area (Å²) >= 11 is 0. The number of hydrogen-bond acceptors (Lipinski definition) is 2. The van der Waals surface area contributed by atoms with Crippen molar-refractivity contribution in [3.63, 3.8) is 0 Å². The number of nitrogens with two attached hydrogens (primary N) is 1. The molecule has 0 aliphatic rings. The second kappa shape index (κ2) is 10.3. The molecule has 1 amide bonds. The molecule has 2 aromatic rings. The summed E-state index contributed by atoms with van der Waals surface area (Å²) in [5.74, 6) is -0.328. The molecule has 4 nitrogen and oxygen atoms in total. The third kappa shape index (κ3) is 5.75. The zero-order valence-electron chi connectivity index (χ0n) is 20.1. The van der Waals surface area contributed by atoms with E-state index in [0.29, 0.717) is 5.56 Å². The Bertz CT molecular complexity index is 839. The lowest BCUT2D eigenvalue weighted by Gasteiger charge is -2.19. The van der Waals surface area contributed by atoms with Crippen LogP contribution in [0.4, 0.5) is 0 Å². The van der Waals surface area contributed by atoms with Crippen molar-refractivity contribution in [1.29, 1.82) is 0 Å². The molecule has 4 heteroatoms. The summed E-state index contributed by atoms with van der Waals surface area (Å²) in [7, 11) is 4.20. The third-order valence-electron chi connectivity index (χ3n) is 5.92. The Morgan fingerprint density at radius 2 is 1.70 bits per heavy atom. The molecule has 1 aromatic carbocycles. The predicted molar refractivity (Wildman–Crippen MR) is 128 cm³/mol. The number of rotatable bonds is 10. The Balaban J connectivity index is 2.58. The van der Waals surface area contributed by atoms with Crippen LogP contribution in [0, 0.1) is 6.92 Å². The lowest BCUT2D eigenvalue weighted by Crippen LogP contribution is -2.17. The van der Waals surface area contributed by atoms with Crippen LogP contribution >= 0.6 is 0 Å². The lowest BCUT2D eigenvalue weighted by molar-refractivity contribution is 0.1000. The minimum Gasteiger partial charge on any atom is -0.366 e. The van der Waals surface area contributed by atoms with Gasteiger partial charge < -0.3 is 15.2 Å². The van der Waals surface area contributed by atoms with Gasteiger partial charge in [0.25, 0.3) is 5.91 Å². The first-order valence-electron chi connectivity index (χ1n) is 11.3. The van der Waals surface area contributed by atoms with Gasteiger partial charge in [0.1, 0.15) is 0 Å². The summed E-state index contributed by atoms with van der Waals surface area (Å²) < 4.78 is 2.35. The number of carbonyl (C=O) groups is 1. The number of primary amides is 1. The van der Waals surface area contributed by atoms with E-state index in [1.165, 1.54) is 24.1 Å². The molecule has 30 heavy (non-hydrogen) atoms. The van der Waals surface area contributed by atoms with E-state index in [0.717, 1.165) is 49.2 Å². The Labute approximate surface area is 183 Å². The van der Waals surface area contributed by atoms with E-state index < -0.39 is 0 Å². The number of carbonyl (C=O) groups excluding carboxylic acids is 1. The molecule has 1 aromatic heterocycles. The van der Waals surface area contributed by atoms with Gasteiger partial charge in [0.2, 0.25) is 0 Å². The molecule has 2 N–H and O–H groups in total. The number of amides is 1. The summed E-state index contributed by atoms with van der Waals surface area (Å²) in [5, 5.41) is 0. The maximum absolute atomic E-state index is 12.5. The molecule has 0 atom stereocenters. The predicted octanol–water partition coefficient (Wildman–Crippen LogP) is 5.54. The van der Waals surface area contributed by atoms with E-state index in [9.17, 15) is 4.79 Å². The van der Waals surface area contributed by atoms with Gasteiger partial charge in [0.05, 0.1) is 5.56 Å². The van der Waals surface area contributed by atoms with Crippen molar-refractivity contribution in [2.45, 2.75) is 78.7 Å². The second-order valence-electron chi connectivity index (χ2n) is 9.74. The molecule has 0 unspecified atom stereocenters. The summed E-state index contributed by atoms with van der Waals surface area (Å²) in [5.41, 5.74) is 12.4. The molecule has 0 radical (unpaired) electrons. The van der Waals surface area contributed by atoms with E-state index in [1.54, 1.807) is 0 Å². The van der Waals surface area contributed by atoms with Crippen molar-refractivity contribution >= 4 is 5.91 Å². The van der Waals surface area contributed by atoms with E-state index in [4.69, 9.17) is 5.73 Å². The molecule has 0 saturated heterocycles. The fourth-order valence-electron chi connectivity index (χ4n) is 4.20. The molecule has 2 rings (SSSR count).